The smallest absolute Gasteiger partial charge is 0.386 e. The maximum absolute atomic E-state index is 11.9. The predicted molar refractivity (Wildman–Crippen MR) is 91.0 cm³/mol. The standard InChI is InChI=1S/C16H11Cl2N3O4/c1-9(15(18)22)24-11-3-5-12(6-4-11)25-16-19-13-7-2-10(17)8-14(13)21(23)20-16/h2-9H,1H3. The van der Waals surface area contributed by atoms with Gasteiger partial charge in [0.05, 0.1) is 5.10 Å². The van der Waals surface area contributed by atoms with Gasteiger partial charge in [0.2, 0.25) is 0 Å². The second-order valence-electron chi connectivity index (χ2n) is 5.04. The lowest BCUT2D eigenvalue weighted by Gasteiger charge is -2.10. The predicted octanol–water partition coefficient (Wildman–Crippen LogP) is 3.24. The van der Waals surface area contributed by atoms with E-state index in [4.69, 9.17) is 32.7 Å². The zero-order valence-electron chi connectivity index (χ0n) is 12.8. The molecule has 7 nitrogen and oxygen atoms in total. The Labute approximate surface area is 152 Å². The van der Waals surface area contributed by atoms with Crippen molar-refractivity contribution in [2.24, 2.45) is 0 Å². The number of hydrogen-bond donors (Lipinski definition) is 0. The van der Waals surface area contributed by atoms with Gasteiger partial charge in [-0.15, -0.1) is 0 Å². The van der Waals surface area contributed by atoms with E-state index in [9.17, 15) is 10.0 Å². The van der Waals surface area contributed by atoms with Crippen LogP contribution in [0.5, 0.6) is 17.5 Å². The van der Waals surface area contributed by atoms with E-state index in [0.717, 1.165) is 0 Å². The summed E-state index contributed by atoms with van der Waals surface area (Å²) in [5.74, 6) is 0.840. The Bertz CT molecular complexity index is 935. The van der Waals surface area contributed by atoms with Crippen LogP contribution in [0.3, 0.4) is 0 Å². The first-order valence-electron chi connectivity index (χ1n) is 7.13. The molecule has 0 aliphatic heterocycles. The van der Waals surface area contributed by atoms with E-state index in [1.165, 1.54) is 6.07 Å². The molecule has 3 rings (SSSR count). The quantitative estimate of drug-likeness (QED) is 0.384. The molecule has 128 valence electrons. The van der Waals surface area contributed by atoms with Gasteiger partial charge in [-0.25, -0.2) is 0 Å². The fourth-order valence-corrected chi connectivity index (χ4v) is 2.20. The zero-order valence-corrected chi connectivity index (χ0v) is 14.4. The summed E-state index contributed by atoms with van der Waals surface area (Å²) in [7, 11) is 0. The van der Waals surface area contributed by atoms with Crippen LogP contribution in [-0.2, 0) is 4.79 Å². The van der Waals surface area contributed by atoms with Crippen molar-refractivity contribution in [2.75, 3.05) is 0 Å². The van der Waals surface area contributed by atoms with E-state index in [2.05, 4.69) is 10.1 Å². The molecule has 0 saturated carbocycles. The average molecular weight is 380 g/mol. The van der Waals surface area contributed by atoms with Crippen LogP contribution in [0.15, 0.2) is 42.5 Å². The number of rotatable bonds is 5. The van der Waals surface area contributed by atoms with Crippen molar-refractivity contribution in [3.63, 3.8) is 0 Å². The highest BCUT2D eigenvalue weighted by atomic mass is 35.5. The summed E-state index contributed by atoms with van der Waals surface area (Å²) >= 11 is 11.2. The van der Waals surface area contributed by atoms with Crippen molar-refractivity contribution < 1.29 is 19.1 Å². The van der Waals surface area contributed by atoms with Crippen molar-refractivity contribution in [1.29, 1.82) is 0 Å². The number of benzene rings is 2. The maximum Gasteiger partial charge on any atom is 0.386 e. The van der Waals surface area contributed by atoms with Crippen molar-refractivity contribution in [2.45, 2.75) is 13.0 Å². The highest BCUT2D eigenvalue weighted by molar-refractivity contribution is 6.64. The Kier molecular flexibility index (Phi) is 4.87. The molecule has 0 N–H and O–H groups in total. The summed E-state index contributed by atoms with van der Waals surface area (Å²) in [5, 5.41) is 15.5. The van der Waals surface area contributed by atoms with Gasteiger partial charge in [0, 0.05) is 11.1 Å². The van der Waals surface area contributed by atoms with Crippen LogP contribution < -0.4 is 14.3 Å². The highest BCUT2D eigenvalue weighted by Gasteiger charge is 2.14. The molecular formula is C16H11Cl2N3O4. The molecule has 0 aliphatic carbocycles. The van der Waals surface area contributed by atoms with Gasteiger partial charge in [0.25, 0.3) is 10.8 Å². The summed E-state index contributed by atoms with van der Waals surface area (Å²) in [5.41, 5.74) is 0.641. The van der Waals surface area contributed by atoms with Crippen LogP contribution >= 0.6 is 23.2 Å². The van der Waals surface area contributed by atoms with Gasteiger partial charge in [-0.2, -0.15) is 4.98 Å². The molecule has 0 bridgehead atoms. The first-order chi connectivity index (χ1) is 11.9. The second kappa shape index (κ2) is 7.08. The molecular weight excluding hydrogens is 369 g/mol. The number of carbonyl (C=O) groups excluding carboxylic acids is 1. The van der Waals surface area contributed by atoms with Crippen LogP contribution in [0.2, 0.25) is 5.02 Å². The molecule has 0 amide bonds. The molecule has 2 aromatic carbocycles. The second-order valence-corrected chi connectivity index (χ2v) is 5.85. The minimum absolute atomic E-state index is 0.109. The first-order valence-corrected chi connectivity index (χ1v) is 7.89. The van der Waals surface area contributed by atoms with Crippen LogP contribution in [0.1, 0.15) is 6.92 Å². The monoisotopic (exact) mass is 379 g/mol. The molecule has 0 fully saturated rings. The Balaban J connectivity index is 1.79. The topological polar surface area (TPSA) is 88.2 Å². The van der Waals surface area contributed by atoms with Gasteiger partial charge < -0.3 is 14.7 Å². The zero-order chi connectivity index (χ0) is 18.0. The number of halogens is 2. The Hall–Kier alpha value is -2.64. The van der Waals surface area contributed by atoms with Gasteiger partial charge >= 0.3 is 6.01 Å². The number of hydrogen-bond acceptors (Lipinski definition) is 6. The molecule has 3 aromatic rings. The van der Waals surface area contributed by atoms with Crippen LogP contribution in [-0.4, -0.2) is 21.4 Å². The van der Waals surface area contributed by atoms with E-state index in [0.29, 0.717) is 26.9 Å². The molecule has 1 atom stereocenters. The third-order valence-electron chi connectivity index (χ3n) is 3.20. The minimum Gasteiger partial charge on any atom is -0.594 e. The van der Waals surface area contributed by atoms with E-state index in [-0.39, 0.29) is 11.5 Å². The normalized spacial score (nSPS) is 12.0. The summed E-state index contributed by atoms with van der Waals surface area (Å²) in [6.45, 7) is 1.54. The average Bonchev–Trinajstić information content (AvgIpc) is 2.57. The number of carbonyl (C=O) groups is 1. The van der Waals surface area contributed by atoms with E-state index >= 15 is 0 Å². The Morgan fingerprint density at radius 2 is 1.88 bits per heavy atom. The van der Waals surface area contributed by atoms with Gasteiger partial charge in [-0.3, -0.25) is 4.79 Å². The van der Waals surface area contributed by atoms with E-state index in [1.54, 1.807) is 43.3 Å². The van der Waals surface area contributed by atoms with E-state index in [1.807, 2.05) is 0 Å². The molecule has 0 radical (unpaired) electrons. The largest absolute Gasteiger partial charge is 0.594 e. The lowest BCUT2D eigenvalue weighted by molar-refractivity contribution is -0.643. The number of aromatic nitrogens is 3. The van der Waals surface area contributed by atoms with Crippen molar-refractivity contribution >= 4 is 39.5 Å². The first kappa shape index (κ1) is 17.2. The van der Waals surface area contributed by atoms with Crippen molar-refractivity contribution in [3.8, 4) is 17.5 Å². The number of ether oxygens (including phenoxy) is 2. The fraction of sp³-hybridized carbons (Fsp3) is 0.125. The molecule has 0 spiro atoms. The number of nitrogens with zero attached hydrogens (tertiary/aromatic N) is 3. The van der Waals surface area contributed by atoms with Crippen molar-refractivity contribution in [3.05, 3.63) is 52.7 Å². The molecule has 25 heavy (non-hydrogen) atoms. The molecule has 0 aliphatic rings. The number of fused-ring (bicyclic) bond motifs is 1. The Morgan fingerprint density at radius 1 is 1.20 bits per heavy atom. The van der Waals surface area contributed by atoms with Gasteiger partial charge in [0.15, 0.2) is 6.10 Å². The van der Waals surface area contributed by atoms with Crippen LogP contribution in [0.25, 0.3) is 11.0 Å². The third kappa shape index (κ3) is 4.07. The summed E-state index contributed by atoms with van der Waals surface area (Å²) in [6.07, 6.45) is -0.761. The molecule has 1 heterocycles. The van der Waals surface area contributed by atoms with Gasteiger partial charge in [-0.1, -0.05) is 11.6 Å². The Morgan fingerprint density at radius 3 is 2.56 bits per heavy atom. The summed E-state index contributed by atoms with van der Waals surface area (Å²) in [6, 6.07) is 10.9. The molecule has 9 heteroatoms. The highest BCUT2D eigenvalue weighted by Crippen LogP contribution is 2.23. The fourth-order valence-electron chi connectivity index (χ4n) is 1.99. The summed E-state index contributed by atoms with van der Waals surface area (Å²) < 4.78 is 10.8. The van der Waals surface area contributed by atoms with Crippen LogP contribution in [0, 0.1) is 5.21 Å². The SMILES string of the molecule is CC(Oc1ccc(Oc2nc3ccc(Cl)cc3[n+]([O-])n2)cc1)C(=O)Cl. The third-order valence-corrected chi connectivity index (χ3v) is 3.74. The maximum atomic E-state index is 11.9. The van der Waals surface area contributed by atoms with E-state index < -0.39 is 11.3 Å². The lowest BCUT2D eigenvalue weighted by Crippen LogP contribution is -2.32. The molecule has 1 unspecified atom stereocenters. The molecule has 0 saturated heterocycles. The van der Waals surface area contributed by atoms with Crippen molar-refractivity contribution in [1.82, 2.24) is 10.1 Å². The summed E-state index contributed by atoms with van der Waals surface area (Å²) in [4.78, 5) is 15.5. The lowest BCUT2D eigenvalue weighted by atomic mass is 10.3. The van der Waals surface area contributed by atoms with Crippen LogP contribution in [0.4, 0.5) is 0 Å². The minimum atomic E-state index is -0.761. The van der Waals surface area contributed by atoms with Gasteiger partial charge in [-0.05, 0) is 59.8 Å². The van der Waals surface area contributed by atoms with Gasteiger partial charge in [0.1, 0.15) is 17.0 Å². The molecule has 1 aromatic heterocycles.